The number of quaternary nitrogens is 2. The monoisotopic (exact) mass is 210 g/mol. The second kappa shape index (κ2) is 29.7. The molecule has 0 aliphatic carbocycles. The van der Waals surface area contributed by atoms with Crippen LogP contribution in [0.25, 0.3) is 0 Å². The van der Waals surface area contributed by atoms with Crippen molar-refractivity contribution in [1.82, 2.24) is 0 Å². The summed E-state index contributed by atoms with van der Waals surface area (Å²) in [6.07, 6.45) is 0. The van der Waals surface area contributed by atoms with Crippen molar-refractivity contribution in [1.29, 1.82) is 0 Å². The molecule has 0 aromatic carbocycles. The van der Waals surface area contributed by atoms with Crippen molar-refractivity contribution in [2.75, 3.05) is 13.1 Å². The van der Waals surface area contributed by atoms with Crippen molar-refractivity contribution in [2.24, 2.45) is 0 Å². The van der Waals surface area contributed by atoms with E-state index in [9.17, 15) is 0 Å². The SMILES string of the molecule is CC(=O)[O-].CC(=O)[O-].CC[NH3+].CC[NH3+]. The first-order valence-electron chi connectivity index (χ1n) is 4.23. The fourth-order valence-electron chi connectivity index (χ4n) is 0. The number of carboxylic acids is 2. The third-order valence-corrected chi connectivity index (χ3v) is 0. The Kier molecular flexibility index (Phi) is 48.9. The standard InChI is InChI=1S/2C2H7N.2C2H4O2/c2*1-2-3;2*1-2(3)4/h2*2-3H2,1H3;2*1H3,(H,3,4). The molecule has 0 amide bonds. The van der Waals surface area contributed by atoms with Crippen LogP contribution in [0.3, 0.4) is 0 Å². The van der Waals surface area contributed by atoms with Gasteiger partial charge in [-0.2, -0.15) is 0 Å². The zero-order valence-corrected chi connectivity index (χ0v) is 9.46. The van der Waals surface area contributed by atoms with E-state index in [4.69, 9.17) is 19.8 Å². The van der Waals surface area contributed by atoms with Crippen LogP contribution in [0, 0.1) is 0 Å². The third kappa shape index (κ3) is 812. The molecular weight excluding hydrogens is 188 g/mol. The quantitative estimate of drug-likeness (QED) is 0.421. The topological polar surface area (TPSA) is 136 Å². The van der Waals surface area contributed by atoms with Crippen molar-refractivity contribution < 1.29 is 31.3 Å². The van der Waals surface area contributed by atoms with Crippen LogP contribution in [-0.2, 0) is 9.59 Å². The Morgan fingerprint density at radius 1 is 0.929 bits per heavy atom. The maximum Gasteiger partial charge on any atom is 0.0711 e. The summed E-state index contributed by atoms with van der Waals surface area (Å²) in [6, 6.07) is 0. The van der Waals surface area contributed by atoms with E-state index < -0.39 is 11.9 Å². The van der Waals surface area contributed by atoms with Crippen molar-refractivity contribution in [3.8, 4) is 0 Å². The Hall–Kier alpha value is -1.14. The van der Waals surface area contributed by atoms with Crippen LogP contribution in [0.5, 0.6) is 0 Å². The molecular formula is C8H22N2O4. The number of hydrogen-bond acceptors (Lipinski definition) is 4. The molecule has 0 aliphatic heterocycles. The molecule has 0 spiro atoms. The first-order valence-corrected chi connectivity index (χ1v) is 4.23. The third-order valence-electron chi connectivity index (χ3n) is 0. The highest BCUT2D eigenvalue weighted by Crippen LogP contribution is 1.31. The zero-order valence-electron chi connectivity index (χ0n) is 9.46. The molecule has 0 aromatic rings. The van der Waals surface area contributed by atoms with E-state index in [0.717, 1.165) is 26.9 Å². The molecule has 6 heteroatoms. The molecule has 0 saturated heterocycles. The summed E-state index contributed by atoms with van der Waals surface area (Å²) in [5.41, 5.74) is 6.97. The van der Waals surface area contributed by atoms with Crippen LogP contribution in [0.4, 0.5) is 0 Å². The molecule has 88 valence electrons. The highest BCUT2D eigenvalue weighted by Gasteiger charge is 1.46. The van der Waals surface area contributed by atoms with Crippen molar-refractivity contribution in [3.05, 3.63) is 0 Å². The minimum atomic E-state index is -1.08. The van der Waals surface area contributed by atoms with Gasteiger partial charge in [0.15, 0.2) is 0 Å². The smallest absolute Gasteiger partial charge is 0.0711 e. The summed E-state index contributed by atoms with van der Waals surface area (Å²) < 4.78 is 0. The van der Waals surface area contributed by atoms with Gasteiger partial charge in [0.05, 0.1) is 13.1 Å². The number of carboxylic acid groups (broad SMARTS) is 2. The van der Waals surface area contributed by atoms with Crippen molar-refractivity contribution >= 4 is 11.9 Å². The summed E-state index contributed by atoms with van der Waals surface area (Å²) in [7, 11) is 0. The zero-order chi connectivity index (χ0) is 12.6. The molecule has 0 aromatic heterocycles. The van der Waals surface area contributed by atoms with E-state index in [-0.39, 0.29) is 0 Å². The number of carbonyl (C=O) groups excluding carboxylic acids is 2. The molecule has 0 radical (unpaired) electrons. The fourth-order valence-corrected chi connectivity index (χ4v) is 0. The van der Waals surface area contributed by atoms with Crippen LogP contribution in [0.15, 0.2) is 0 Å². The van der Waals surface area contributed by atoms with Gasteiger partial charge in [-0.25, -0.2) is 0 Å². The number of hydrogen-bond donors (Lipinski definition) is 2. The normalized spacial score (nSPS) is 6.14. The lowest BCUT2D eigenvalue weighted by atomic mass is 10.8. The molecule has 0 bridgehead atoms. The number of aliphatic carboxylic acids is 2. The van der Waals surface area contributed by atoms with E-state index in [1.165, 1.54) is 0 Å². The molecule has 0 unspecified atom stereocenters. The Balaban J connectivity index is -0.0000000482. The van der Waals surface area contributed by atoms with Gasteiger partial charge in [-0.05, 0) is 27.7 Å². The molecule has 0 fully saturated rings. The van der Waals surface area contributed by atoms with Gasteiger partial charge < -0.3 is 31.3 Å². The summed E-state index contributed by atoms with van der Waals surface area (Å²) >= 11 is 0. The van der Waals surface area contributed by atoms with Crippen LogP contribution in [0.1, 0.15) is 27.7 Å². The average Bonchev–Trinajstić information content (AvgIpc) is 1.85. The summed E-state index contributed by atoms with van der Waals surface area (Å²) in [4.78, 5) is 17.8. The van der Waals surface area contributed by atoms with E-state index >= 15 is 0 Å². The van der Waals surface area contributed by atoms with Gasteiger partial charge in [-0.15, -0.1) is 0 Å². The maximum atomic E-state index is 8.89. The van der Waals surface area contributed by atoms with Crippen LogP contribution in [0.2, 0.25) is 0 Å². The molecule has 0 aliphatic rings. The molecule has 0 atom stereocenters. The van der Waals surface area contributed by atoms with Gasteiger partial charge in [0, 0.05) is 11.9 Å². The molecule has 6 nitrogen and oxygen atoms in total. The van der Waals surface area contributed by atoms with Gasteiger partial charge in [-0.1, -0.05) is 0 Å². The summed E-state index contributed by atoms with van der Waals surface area (Å²) in [5, 5.41) is 17.8. The Labute approximate surface area is 84.9 Å². The molecule has 6 N–H and O–H groups in total. The molecule has 0 saturated carbocycles. The molecule has 0 rings (SSSR count). The minimum Gasteiger partial charge on any atom is -0.550 e. The van der Waals surface area contributed by atoms with Gasteiger partial charge >= 0.3 is 0 Å². The van der Waals surface area contributed by atoms with E-state index in [0.29, 0.717) is 0 Å². The second-order valence-corrected chi connectivity index (χ2v) is 1.98. The Bertz CT molecular complexity index is 95.9. The largest absolute Gasteiger partial charge is 0.550 e. The summed E-state index contributed by atoms with van der Waals surface area (Å²) in [6.45, 7) is 7.97. The van der Waals surface area contributed by atoms with Crippen molar-refractivity contribution in [3.63, 3.8) is 0 Å². The van der Waals surface area contributed by atoms with E-state index in [2.05, 4.69) is 11.5 Å². The van der Waals surface area contributed by atoms with Crippen LogP contribution < -0.4 is 21.7 Å². The lowest BCUT2D eigenvalue weighted by Gasteiger charge is -1.77. The Morgan fingerprint density at radius 2 is 0.929 bits per heavy atom. The van der Waals surface area contributed by atoms with Crippen LogP contribution in [-0.4, -0.2) is 25.0 Å². The van der Waals surface area contributed by atoms with Gasteiger partial charge in [0.1, 0.15) is 0 Å². The minimum absolute atomic E-state index is 0.972. The van der Waals surface area contributed by atoms with Gasteiger partial charge in [-0.3, -0.25) is 0 Å². The predicted octanol–water partition coefficient (Wildman–Crippen LogP) is -3.99. The van der Waals surface area contributed by atoms with E-state index in [1.807, 2.05) is 13.8 Å². The molecule has 0 heterocycles. The number of carbonyl (C=O) groups is 2. The number of rotatable bonds is 0. The van der Waals surface area contributed by atoms with Gasteiger partial charge in [0.2, 0.25) is 0 Å². The average molecular weight is 210 g/mol. The van der Waals surface area contributed by atoms with Gasteiger partial charge in [0.25, 0.3) is 0 Å². The second-order valence-electron chi connectivity index (χ2n) is 1.98. The highest BCUT2D eigenvalue weighted by molar-refractivity contribution is 5.60. The van der Waals surface area contributed by atoms with E-state index in [1.54, 1.807) is 0 Å². The van der Waals surface area contributed by atoms with Crippen LogP contribution >= 0.6 is 0 Å². The Morgan fingerprint density at radius 3 is 0.929 bits per heavy atom. The lowest BCUT2D eigenvalue weighted by molar-refractivity contribution is -0.362. The first-order chi connectivity index (χ1) is 6.29. The predicted molar refractivity (Wildman–Crippen MR) is 48.2 cm³/mol. The summed E-state index contributed by atoms with van der Waals surface area (Å²) in [5.74, 6) is -2.17. The first kappa shape index (κ1) is 23.0. The maximum absolute atomic E-state index is 8.89. The molecule has 14 heavy (non-hydrogen) atoms. The highest BCUT2D eigenvalue weighted by atomic mass is 16.4. The van der Waals surface area contributed by atoms with Crippen molar-refractivity contribution in [2.45, 2.75) is 27.7 Å². The lowest BCUT2D eigenvalue weighted by Crippen LogP contribution is -2.48. The fraction of sp³-hybridized carbons (Fsp3) is 0.750.